The number of hydroxylamine groups is 1. The minimum absolute atomic E-state index is 0.0222. The number of carbonyl (C=O) groups excluding carboxylic acids is 4. The van der Waals surface area contributed by atoms with Crippen LogP contribution in [0.25, 0.3) is 0 Å². The van der Waals surface area contributed by atoms with Crippen LogP contribution in [0.3, 0.4) is 0 Å². The maximum Gasteiger partial charge on any atom is 0.407 e. The second-order valence-corrected chi connectivity index (χ2v) is 11.6. The van der Waals surface area contributed by atoms with E-state index in [1.165, 1.54) is 26.7 Å². The number of ether oxygens (including phenoxy) is 1. The summed E-state index contributed by atoms with van der Waals surface area (Å²) in [5, 5.41) is 18.8. The monoisotopic (exact) mass is 603 g/mol. The summed E-state index contributed by atoms with van der Waals surface area (Å²) < 4.78 is 4.70. The van der Waals surface area contributed by atoms with Crippen molar-refractivity contribution in [1.29, 1.82) is 0 Å². The van der Waals surface area contributed by atoms with E-state index in [0.717, 1.165) is 31.2 Å². The molecule has 1 aromatic carbocycles. The zero-order valence-corrected chi connectivity index (χ0v) is 26.0. The molecule has 1 aromatic rings. The Morgan fingerprint density at radius 3 is 2.28 bits per heavy atom. The van der Waals surface area contributed by atoms with Crippen LogP contribution in [-0.4, -0.2) is 85.5 Å². The fourth-order valence-electron chi connectivity index (χ4n) is 5.30. The van der Waals surface area contributed by atoms with Crippen LogP contribution in [-0.2, 0) is 30.4 Å². The van der Waals surface area contributed by atoms with Gasteiger partial charge in [0.05, 0.1) is 26.4 Å². The maximum absolute atomic E-state index is 13.4. The number of hydrogen-bond acceptors (Lipinski definition) is 9. The van der Waals surface area contributed by atoms with E-state index in [2.05, 4.69) is 21.5 Å². The van der Waals surface area contributed by atoms with Gasteiger partial charge >= 0.3 is 6.09 Å². The van der Waals surface area contributed by atoms with Gasteiger partial charge in [-0.1, -0.05) is 70.4 Å². The third kappa shape index (κ3) is 12.5. The summed E-state index contributed by atoms with van der Waals surface area (Å²) in [5.41, 5.74) is 6.46. The summed E-state index contributed by atoms with van der Waals surface area (Å²) in [4.78, 5) is 54.7. The molecule has 5 N–H and O–H groups in total. The number of hydrazine groups is 1. The molecule has 0 bridgehead atoms. The highest BCUT2D eigenvalue weighted by Crippen LogP contribution is 2.24. The first kappa shape index (κ1) is 35.9. The molecule has 12 nitrogen and oxygen atoms in total. The van der Waals surface area contributed by atoms with Crippen molar-refractivity contribution in [3.05, 3.63) is 42.0 Å². The predicted molar refractivity (Wildman–Crippen MR) is 162 cm³/mol. The van der Waals surface area contributed by atoms with E-state index in [-0.39, 0.29) is 12.5 Å². The van der Waals surface area contributed by atoms with Crippen LogP contribution in [0, 0.1) is 17.8 Å². The molecule has 12 heteroatoms. The predicted octanol–water partition coefficient (Wildman–Crippen LogP) is 1.91. The van der Waals surface area contributed by atoms with Gasteiger partial charge in [0.25, 0.3) is 5.91 Å². The Bertz CT molecular complexity index is 1040. The van der Waals surface area contributed by atoms with Crippen LogP contribution < -0.4 is 21.5 Å². The second-order valence-electron chi connectivity index (χ2n) is 11.6. The zero-order chi connectivity index (χ0) is 31.8. The normalized spacial score (nSPS) is 17.2. The Hall–Kier alpha value is -3.28. The minimum atomic E-state index is -1.10. The minimum Gasteiger partial charge on any atom is -0.453 e. The number of methoxy groups -OCH3 is 1. The highest BCUT2D eigenvalue weighted by atomic mass is 16.6. The zero-order valence-electron chi connectivity index (χ0n) is 26.0. The molecule has 0 saturated heterocycles. The van der Waals surface area contributed by atoms with Crippen LogP contribution in [0.1, 0.15) is 58.4 Å². The molecular weight excluding hydrogens is 554 g/mol. The van der Waals surface area contributed by atoms with Gasteiger partial charge in [0.15, 0.2) is 0 Å². The molecule has 1 aliphatic rings. The molecule has 3 amide bonds. The van der Waals surface area contributed by atoms with E-state index in [9.17, 15) is 24.3 Å². The van der Waals surface area contributed by atoms with Gasteiger partial charge in [0, 0.05) is 25.1 Å². The lowest BCUT2D eigenvalue weighted by molar-refractivity contribution is -0.134. The van der Waals surface area contributed by atoms with Gasteiger partial charge in [-0.25, -0.2) is 14.6 Å². The lowest BCUT2D eigenvalue weighted by Gasteiger charge is -2.35. The van der Waals surface area contributed by atoms with Crippen LogP contribution in [0.5, 0.6) is 0 Å². The summed E-state index contributed by atoms with van der Waals surface area (Å²) in [5.74, 6) is 0.388. The second kappa shape index (κ2) is 19.1. The third-order valence-corrected chi connectivity index (χ3v) is 7.76. The number of benzene rings is 1. The largest absolute Gasteiger partial charge is 0.453 e. The highest BCUT2D eigenvalue weighted by Gasteiger charge is 2.32. The highest BCUT2D eigenvalue weighted by molar-refractivity contribution is 5.86. The summed E-state index contributed by atoms with van der Waals surface area (Å²) >= 11 is 0. The summed E-state index contributed by atoms with van der Waals surface area (Å²) in [6.45, 7) is 5.82. The van der Waals surface area contributed by atoms with Crippen molar-refractivity contribution in [2.24, 2.45) is 17.8 Å². The lowest BCUT2D eigenvalue weighted by atomic mass is 9.89. The molecule has 1 unspecified atom stereocenters. The van der Waals surface area contributed by atoms with Gasteiger partial charge in [0.2, 0.25) is 5.91 Å². The van der Waals surface area contributed by atoms with E-state index in [0.29, 0.717) is 18.9 Å². The number of aliphatic hydroxyl groups excluding tert-OH is 1. The lowest BCUT2D eigenvalue weighted by Crippen LogP contribution is -2.59. The molecule has 240 valence electrons. The summed E-state index contributed by atoms with van der Waals surface area (Å²) in [7, 11) is 2.61. The van der Waals surface area contributed by atoms with Crippen molar-refractivity contribution >= 4 is 23.8 Å². The molecule has 0 heterocycles. The van der Waals surface area contributed by atoms with Crippen molar-refractivity contribution in [1.82, 2.24) is 26.5 Å². The maximum atomic E-state index is 13.4. The van der Waals surface area contributed by atoms with Crippen molar-refractivity contribution in [2.45, 2.75) is 83.5 Å². The van der Waals surface area contributed by atoms with E-state index in [1.54, 1.807) is 31.7 Å². The van der Waals surface area contributed by atoms with Crippen molar-refractivity contribution < 1.29 is 33.9 Å². The number of alkyl carbamates (subject to hydrolysis) is 1. The SMILES string of the molecule is CON[C@H](C(=O)NN(CC1CCCCC1)C[C@@H](O)[C@@H](Cc1ccccc1)NC(=O)[C@@H](NC(=O)OC)C(C)C)C(C)C=C=O. The molecule has 5 atom stereocenters. The molecule has 0 spiro atoms. The Morgan fingerprint density at radius 2 is 1.70 bits per heavy atom. The van der Waals surface area contributed by atoms with Crippen molar-refractivity contribution in [2.75, 3.05) is 27.3 Å². The van der Waals surface area contributed by atoms with Gasteiger partial charge in [-0.3, -0.25) is 15.0 Å². The standard InChI is InChI=1S/C31H49N5O7/c1-21(2)27(33-31(41)42-4)29(39)32-25(18-23-12-8-6-9-13-23)26(38)20-36(19-24-14-10-7-11-15-24)34-30(40)28(35-43-5)22(3)16-17-37/h6,8-9,12-13,16,21-22,24-28,35,38H,7,10-11,14-15,18-20H2,1-5H3,(H,32,39)(H,33,41)(H,34,40)/t22?,25-,26-,27+,28+/m1/s1. The molecule has 0 radical (unpaired) electrons. The first-order valence-corrected chi connectivity index (χ1v) is 15.0. The number of rotatable bonds is 17. The Kier molecular flexibility index (Phi) is 15.9. The number of nitrogens with one attached hydrogen (secondary N) is 4. The van der Waals surface area contributed by atoms with E-state index < -0.39 is 48.1 Å². The number of hydrogen-bond donors (Lipinski definition) is 5. The molecule has 1 aliphatic carbocycles. The molecular formula is C31H49N5O7. The molecule has 0 aromatic heterocycles. The smallest absolute Gasteiger partial charge is 0.407 e. The van der Waals surface area contributed by atoms with E-state index in [1.807, 2.05) is 30.3 Å². The van der Waals surface area contributed by atoms with Gasteiger partial charge in [0.1, 0.15) is 18.0 Å². The Labute approximate surface area is 254 Å². The van der Waals surface area contributed by atoms with Crippen LogP contribution >= 0.6 is 0 Å². The van der Waals surface area contributed by atoms with Gasteiger partial charge in [-0.15, -0.1) is 0 Å². The Morgan fingerprint density at radius 1 is 1.02 bits per heavy atom. The van der Waals surface area contributed by atoms with E-state index >= 15 is 0 Å². The summed E-state index contributed by atoms with van der Waals surface area (Å²) in [6, 6.07) is 6.94. The summed E-state index contributed by atoms with van der Waals surface area (Å²) in [6.07, 6.45) is 5.11. The number of nitrogens with zero attached hydrogens (tertiary/aromatic N) is 1. The third-order valence-electron chi connectivity index (χ3n) is 7.76. The molecule has 43 heavy (non-hydrogen) atoms. The fourth-order valence-corrected chi connectivity index (χ4v) is 5.30. The van der Waals surface area contributed by atoms with Crippen LogP contribution in [0.2, 0.25) is 0 Å². The first-order chi connectivity index (χ1) is 20.6. The topological polar surface area (TPSA) is 158 Å². The van der Waals surface area contributed by atoms with Gasteiger partial charge in [-0.2, -0.15) is 5.48 Å². The van der Waals surface area contributed by atoms with Gasteiger partial charge < -0.3 is 25.3 Å². The number of carbonyl (C=O) groups is 3. The van der Waals surface area contributed by atoms with Gasteiger partial charge in [-0.05, 0) is 36.7 Å². The van der Waals surface area contributed by atoms with Crippen molar-refractivity contribution in [3.63, 3.8) is 0 Å². The van der Waals surface area contributed by atoms with Crippen LogP contribution in [0.15, 0.2) is 36.4 Å². The first-order valence-electron chi connectivity index (χ1n) is 15.0. The molecule has 2 rings (SSSR count). The molecule has 0 aliphatic heterocycles. The molecule has 1 saturated carbocycles. The average molecular weight is 604 g/mol. The number of aliphatic hydroxyl groups is 1. The fraction of sp³-hybridized carbons (Fsp3) is 0.645. The Balaban J connectivity index is 2.31. The average Bonchev–Trinajstić information content (AvgIpc) is 2.98. The number of amides is 3. The van der Waals surface area contributed by atoms with E-state index in [4.69, 9.17) is 9.57 Å². The van der Waals surface area contributed by atoms with Crippen LogP contribution in [0.4, 0.5) is 4.79 Å². The quantitative estimate of drug-likeness (QED) is 0.132. The molecule has 1 fully saturated rings. The van der Waals surface area contributed by atoms with Crippen molar-refractivity contribution in [3.8, 4) is 0 Å².